The van der Waals surface area contributed by atoms with Gasteiger partial charge in [0.15, 0.2) is 10.9 Å². The summed E-state index contributed by atoms with van der Waals surface area (Å²) in [5.74, 6) is -0.255. The number of hydrogen-bond acceptors (Lipinski definition) is 6. The van der Waals surface area contributed by atoms with E-state index in [1.807, 2.05) is 0 Å². The minimum atomic E-state index is -2.93. The molecule has 0 unspecified atom stereocenters. The molecule has 1 heterocycles. The van der Waals surface area contributed by atoms with Crippen molar-refractivity contribution in [3.05, 3.63) is 63.4 Å². The molecule has 0 bridgehead atoms. The van der Waals surface area contributed by atoms with Gasteiger partial charge in [-0.3, -0.25) is 14.2 Å². The fraction of sp³-hybridized carbons (Fsp3) is 0.286. The zero-order valence-corrected chi connectivity index (χ0v) is 18.1. The lowest BCUT2D eigenvalue weighted by Gasteiger charge is -2.13. The Labute approximate surface area is 186 Å². The predicted molar refractivity (Wildman–Crippen MR) is 116 cm³/mol. The minimum Gasteiger partial charge on any atom is -0.435 e. The van der Waals surface area contributed by atoms with Crippen LogP contribution in [0.5, 0.6) is 5.75 Å². The fourth-order valence-electron chi connectivity index (χ4n) is 2.88. The lowest BCUT2D eigenvalue weighted by Crippen LogP contribution is -2.24. The van der Waals surface area contributed by atoms with Gasteiger partial charge in [-0.25, -0.2) is 4.98 Å². The molecular formula is C21H19ClF2N2O4S. The second-order valence-corrected chi connectivity index (χ2v) is 7.85. The molecule has 0 atom stereocenters. The summed E-state index contributed by atoms with van der Waals surface area (Å²) in [4.78, 5) is 30.1. The van der Waals surface area contributed by atoms with Crippen LogP contribution in [-0.2, 0) is 11.3 Å². The zero-order chi connectivity index (χ0) is 22.4. The van der Waals surface area contributed by atoms with E-state index in [1.54, 1.807) is 25.3 Å². The molecule has 0 radical (unpaired) electrons. The Morgan fingerprint density at radius 1 is 1.23 bits per heavy atom. The van der Waals surface area contributed by atoms with E-state index in [-0.39, 0.29) is 22.8 Å². The number of thioether (sulfide) groups is 1. The van der Waals surface area contributed by atoms with Gasteiger partial charge in [-0.05, 0) is 48.9 Å². The zero-order valence-electron chi connectivity index (χ0n) is 16.5. The highest BCUT2D eigenvalue weighted by molar-refractivity contribution is 7.99. The number of aromatic nitrogens is 2. The van der Waals surface area contributed by atoms with Crippen LogP contribution in [0.3, 0.4) is 0 Å². The van der Waals surface area contributed by atoms with Gasteiger partial charge < -0.3 is 9.47 Å². The normalized spacial score (nSPS) is 11.3. The highest BCUT2D eigenvalue weighted by Crippen LogP contribution is 2.22. The van der Waals surface area contributed by atoms with Gasteiger partial charge in [-0.15, -0.1) is 0 Å². The largest absolute Gasteiger partial charge is 0.435 e. The third kappa shape index (κ3) is 6.03. The number of ketones is 1. The average Bonchev–Trinajstić information content (AvgIpc) is 2.73. The number of hydrogen-bond donors (Lipinski definition) is 0. The number of benzene rings is 2. The van der Waals surface area contributed by atoms with Crippen molar-refractivity contribution in [1.29, 1.82) is 0 Å². The van der Waals surface area contributed by atoms with Crippen molar-refractivity contribution in [2.24, 2.45) is 0 Å². The number of ether oxygens (including phenoxy) is 2. The third-order valence-electron chi connectivity index (χ3n) is 4.35. The van der Waals surface area contributed by atoms with Gasteiger partial charge in [-0.2, -0.15) is 8.78 Å². The first-order valence-electron chi connectivity index (χ1n) is 9.29. The highest BCUT2D eigenvalue weighted by atomic mass is 35.5. The van der Waals surface area contributed by atoms with Crippen molar-refractivity contribution in [2.75, 3.05) is 19.5 Å². The van der Waals surface area contributed by atoms with Gasteiger partial charge in [0, 0.05) is 30.8 Å². The maximum Gasteiger partial charge on any atom is 0.387 e. The Morgan fingerprint density at radius 3 is 2.65 bits per heavy atom. The van der Waals surface area contributed by atoms with Crippen LogP contribution in [0.15, 0.2) is 52.4 Å². The number of alkyl halides is 2. The molecule has 1 aromatic heterocycles. The molecule has 0 aliphatic rings. The summed E-state index contributed by atoms with van der Waals surface area (Å²) in [6.07, 6.45) is 0.601. The molecule has 10 heteroatoms. The van der Waals surface area contributed by atoms with Gasteiger partial charge in [0.1, 0.15) is 5.75 Å². The number of methoxy groups -OCH3 is 1. The van der Waals surface area contributed by atoms with E-state index in [0.717, 1.165) is 11.8 Å². The van der Waals surface area contributed by atoms with Crippen LogP contribution in [0.2, 0.25) is 5.02 Å². The lowest BCUT2D eigenvalue weighted by atomic mass is 10.1. The van der Waals surface area contributed by atoms with Gasteiger partial charge >= 0.3 is 6.61 Å². The number of fused-ring (bicyclic) bond motifs is 1. The molecule has 2 aromatic carbocycles. The summed E-state index contributed by atoms with van der Waals surface area (Å²) >= 11 is 7.16. The SMILES string of the molecule is COCCCn1c(SCC(=O)c2ccc(OC(F)F)cc2)nc2cc(Cl)ccc2c1=O. The predicted octanol–water partition coefficient (Wildman–Crippen LogP) is 4.66. The van der Waals surface area contributed by atoms with Crippen molar-refractivity contribution in [3.63, 3.8) is 0 Å². The molecule has 0 saturated heterocycles. The van der Waals surface area contributed by atoms with Gasteiger partial charge in [0.05, 0.1) is 16.7 Å². The van der Waals surface area contributed by atoms with Crippen LogP contribution in [0.25, 0.3) is 10.9 Å². The minimum absolute atomic E-state index is 0.0117. The number of rotatable bonds is 10. The first kappa shape index (κ1) is 23.2. The number of Topliss-reactive ketones (excluding diaryl/α,β-unsaturated/α-hetero) is 1. The number of nitrogens with zero attached hydrogens (tertiary/aromatic N) is 2. The molecule has 0 amide bonds. The molecule has 164 valence electrons. The quantitative estimate of drug-likeness (QED) is 0.186. The number of carbonyl (C=O) groups is 1. The molecular weight excluding hydrogens is 450 g/mol. The van der Waals surface area contributed by atoms with E-state index in [4.69, 9.17) is 16.3 Å². The van der Waals surface area contributed by atoms with Crippen molar-refractivity contribution in [1.82, 2.24) is 9.55 Å². The third-order valence-corrected chi connectivity index (χ3v) is 5.56. The molecule has 0 spiro atoms. The van der Waals surface area contributed by atoms with Crippen LogP contribution >= 0.6 is 23.4 Å². The summed E-state index contributed by atoms with van der Waals surface area (Å²) in [6.45, 7) is -2.07. The molecule has 0 N–H and O–H groups in total. The van der Waals surface area contributed by atoms with E-state index < -0.39 is 6.61 Å². The fourth-order valence-corrected chi connectivity index (χ4v) is 3.97. The Kier molecular flexibility index (Phi) is 8.00. The molecule has 0 fully saturated rings. The van der Waals surface area contributed by atoms with Gasteiger partial charge in [0.25, 0.3) is 5.56 Å². The van der Waals surface area contributed by atoms with Crippen molar-refractivity contribution < 1.29 is 23.0 Å². The topological polar surface area (TPSA) is 70.4 Å². The number of halogens is 3. The summed E-state index contributed by atoms with van der Waals surface area (Å²) < 4.78 is 35.4. The Balaban J connectivity index is 1.82. The van der Waals surface area contributed by atoms with E-state index in [0.29, 0.717) is 46.2 Å². The maximum absolute atomic E-state index is 13.0. The first-order chi connectivity index (χ1) is 14.9. The van der Waals surface area contributed by atoms with Crippen molar-refractivity contribution in [3.8, 4) is 5.75 Å². The lowest BCUT2D eigenvalue weighted by molar-refractivity contribution is -0.0498. The summed E-state index contributed by atoms with van der Waals surface area (Å²) in [5.41, 5.74) is 0.566. The standard InChI is InChI=1S/C21H19ClF2N2O4S/c1-29-10-2-9-26-19(28)16-8-5-14(22)11-17(16)25-21(26)31-12-18(27)13-3-6-15(7-4-13)30-20(23)24/h3-8,11,20H,2,9-10,12H2,1H3. The van der Waals surface area contributed by atoms with Gasteiger partial charge in [0.2, 0.25) is 0 Å². The highest BCUT2D eigenvalue weighted by Gasteiger charge is 2.15. The monoisotopic (exact) mass is 468 g/mol. The molecule has 3 aromatic rings. The van der Waals surface area contributed by atoms with Crippen LogP contribution in [-0.4, -0.2) is 41.4 Å². The molecule has 3 rings (SSSR count). The smallest absolute Gasteiger partial charge is 0.387 e. The Bertz CT molecular complexity index is 1120. The first-order valence-corrected chi connectivity index (χ1v) is 10.7. The van der Waals surface area contributed by atoms with Crippen molar-refractivity contribution in [2.45, 2.75) is 24.7 Å². The van der Waals surface area contributed by atoms with Crippen LogP contribution in [0.1, 0.15) is 16.8 Å². The molecule has 0 saturated carbocycles. The molecule has 31 heavy (non-hydrogen) atoms. The number of carbonyl (C=O) groups excluding carboxylic acids is 1. The van der Waals surface area contributed by atoms with Crippen LogP contribution < -0.4 is 10.3 Å². The molecule has 6 nitrogen and oxygen atoms in total. The van der Waals surface area contributed by atoms with E-state index in [1.165, 1.54) is 28.8 Å². The van der Waals surface area contributed by atoms with Gasteiger partial charge in [-0.1, -0.05) is 23.4 Å². The summed E-state index contributed by atoms with van der Waals surface area (Å²) in [7, 11) is 1.58. The molecule has 0 aliphatic carbocycles. The van der Waals surface area contributed by atoms with Crippen LogP contribution in [0.4, 0.5) is 8.78 Å². The Hall–Kier alpha value is -2.49. The van der Waals surface area contributed by atoms with Crippen molar-refractivity contribution >= 4 is 40.0 Å². The van der Waals surface area contributed by atoms with E-state index in [9.17, 15) is 18.4 Å². The van der Waals surface area contributed by atoms with Crippen LogP contribution in [0, 0.1) is 0 Å². The summed E-state index contributed by atoms with van der Waals surface area (Å²) in [6, 6.07) is 10.3. The Morgan fingerprint density at radius 2 is 1.97 bits per heavy atom. The summed E-state index contributed by atoms with van der Waals surface area (Å²) in [5, 5.41) is 1.28. The second kappa shape index (κ2) is 10.7. The second-order valence-electron chi connectivity index (χ2n) is 6.47. The van der Waals surface area contributed by atoms with E-state index >= 15 is 0 Å². The molecule has 0 aliphatic heterocycles. The average molecular weight is 469 g/mol. The maximum atomic E-state index is 13.0. The van der Waals surface area contributed by atoms with E-state index in [2.05, 4.69) is 9.72 Å².